The van der Waals surface area contributed by atoms with E-state index in [0.717, 1.165) is 18.8 Å². The molecule has 1 amide bonds. The molecule has 1 saturated heterocycles. The van der Waals surface area contributed by atoms with Gasteiger partial charge in [-0.3, -0.25) is 9.20 Å². The van der Waals surface area contributed by atoms with Crippen LogP contribution >= 0.6 is 0 Å². The lowest BCUT2D eigenvalue weighted by Crippen LogP contribution is -2.40. The number of pyridine rings is 2. The minimum Gasteiger partial charge on any atom is -0.354 e. The normalized spacial score (nSPS) is 17.1. The largest absolute Gasteiger partial charge is 0.354 e. The average Bonchev–Trinajstić information content (AvgIpc) is 3.21. The van der Waals surface area contributed by atoms with Gasteiger partial charge in [0.05, 0.1) is 0 Å². The summed E-state index contributed by atoms with van der Waals surface area (Å²) in [5, 5.41) is 7.16. The number of amides is 1. The summed E-state index contributed by atoms with van der Waals surface area (Å²) in [6.07, 6.45) is 4.25. The van der Waals surface area contributed by atoms with Gasteiger partial charge in [0, 0.05) is 31.5 Å². The summed E-state index contributed by atoms with van der Waals surface area (Å²) >= 11 is 0. The predicted octanol–water partition coefficient (Wildman–Crippen LogP) is 0.286. The van der Waals surface area contributed by atoms with Crippen molar-refractivity contribution in [1.82, 2.24) is 24.5 Å². The molecule has 8 nitrogen and oxygen atoms in total. The van der Waals surface area contributed by atoms with Crippen molar-refractivity contribution in [3.63, 3.8) is 0 Å². The van der Waals surface area contributed by atoms with Gasteiger partial charge in [-0.2, -0.15) is 0 Å². The molecular weight excluding hydrogens is 320 g/mol. The SMILES string of the molecule is O=C(Cn1nc2ccccn2c1=O)NC1CCN(c2ccccn2)C1. The van der Waals surface area contributed by atoms with Gasteiger partial charge in [-0.05, 0) is 30.7 Å². The number of anilines is 1. The van der Waals surface area contributed by atoms with Crippen LogP contribution in [0.3, 0.4) is 0 Å². The van der Waals surface area contributed by atoms with E-state index in [1.807, 2.05) is 18.2 Å². The highest BCUT2D eigenvalue weighted by Crippen LogP contribution is 2.17. The van der Waals surface area contributed by atoms with Crippen molar-refractivity contribution in [2.45, 2.75) is 19.0 Å². The first-order valence-corrected chi connectivity index (χ1v) is 8.20. The number of carbonyl (C=O) groups is 1. The van der Waals surface area contributed by atoms with Crippen molar-refractivity contribution in [1.29, 1.82) is 0 Å². The van der Waals surface area contributed by atoms with Gasteiger partial charge in [-0.25, -0.2) is 14.5 Å². The Morgan fingerprint density at radius 3 is 2.92 bits per heavy atom. The minimum absolute atomic E-state index is 0.0437. The van der Waals surface area contributed by atoms with E-state index < -0.39 is 0 Å². The first-order chi connectivity index (χ1) is 12.2. The second kappa shape index (κ2) is 6.39. The second-order valence-corrected chi connectivity index (χ2v) is 6.06. The first-order valence-electron chi connectivity index (χ1n) is 8.20. The molecule has 0 aromatic carbocycles. The molecule has 0 aliphatic carbocycles. The zero-order valence-electron chi connectivity index (χ0n) is 13.6. The Balaban J connectivity index is 1.39. The number of nitrogens with one attached hydrogen (secondary N) is 1. The predicted molar refractivity (Wildman–Crippen MR) is 92.4 cm³/mol. The third-order valence-corrected chi connectivity index (χ3v) is 4.31. The number of nitrogens with zero attached hydrogens (tertiary/aromatic N) is 5. The number of aromatic nitrogens is 4. The Hall–Kier alpha value is -3.16. The highest BCUT2D eigenvalue weighted by Gasteiger charge is 2.25. The quantitative estimate of drug-likeness (QED) is 0.739. The maximum atomic E-state index is 12.3. The number of hydrogen-bond acceptors (Lipinski definition) is 5. The molecule has 1 aliphatic rings. The number of hydrogen-bond donors (Lipinski definition) is 1. The molecule has 3 aromatic heterocycles. The molecule has 8 heteroatoms. The fraction of sp³-hybridized carbons (Fsp3) is 0.294. The molecule has 3 aromatic rings. The first kappa shape index (κ1) is 15.4. The summed E-state index contributed by atoms with van der Waals surface area (Å²) in [5.74, 6) is 0.703. The fourth-order valence-corrected chi connectivity index (χ4v) is 3.11. The van der Waals surface area contributed by atoms with Gasteiger partial charge < -0.3 is 10.2 Å². The molecule has 1 unspecified atom stereocenters. The van der Waals surface area contributed by atoms with Gasteiger partial charge in [-0.15, -0.1) is 5.10 Å². The van der Waals surface area contributed by atoms with Gasteiger partial charge >= 0.3 is 5.69 Å². The molecule has 0 saturated carbocycles. The zero-order chi connectivity index (χ0) is 17.2. The molecule has 0 radical (unpaired) electrons. The van der Waals surface area contributed by atoms with Crippen molar-refractivity contribution in [3.05, 3.63) is 59.3 Å². The third kappa shape index (κ3) is 3.10. The van der Waals surface area contributed by atoms with Crippen LogP contribution in [0.15, 0.2) is 53.6 Å². The van der Waals surface area contributed by atoms with Gasteiger partial charge in [0.1, 0.15) is 12.4 Å². The van der Waals surface area contributed by atoms with Crippen LogP contribution < -0.4 is 15.9 Å². The lowest BCUT2D eigenvalue weighted by molar-refractivity contribution is -0.122. The van der Waals surface area contributed by atoms with Crippen LogP contribution in [-0.2, 0) is 11.3 Å². The molecule has 128 valence electrons. The van der Waals surface area contributed by atoms with Crippen LogP contribution in [0.25, 0.3) is 5.65 Å². The Morgan fingerprint density at radius 2 is 2.12 bits per heavy atom. The van der Waals surface area contributed by atoms with Gasteiger partial charge in [-0.1, -0.05) is 12.1 Å². The Morgan fingerprint density at radius 1 is 1.24 bits per heavy atom. The molecule has 25 heavy (non-hydrogen) atoms. The van der Waals surface area contributed by atoms with Crippen LogP contribution in [0.5, 0.6) is 0 Å². The molecule has 0 bridgehead atoms. The summed E-state index contributed by atoms with van der Waals surface area (Å²) in [5.41, 5.74) is 0.217. The molecular formula is C17H18N6O2. The average molecular weight is 338 g/mol. The second-order valence-electron chi connectivity index (χ2n) is 6.06. The Bertz CT molecular complexity index is 948. The van der Waals surface area contributed by atoms with Crippen LogP contribution in [0.1, 0.15) is 6.42 Å². The molecule has 4 rings (SSSR count). The summed E-state index contributed by atoms with van der Waals surface area (Å²) in [4.78, 5) is 31.0. The monoisotopic (exact) mass is 338 g/mol. The maximum Gasteiger partial charge on any atom is 0.350 e. The van der Waals surface area contributed by atoms with E-state index in [4.69, 9.17) is 0 Å². The van der Waals surface area contributed by atoms with Crippen molar-refractivity contribution in [3.8, 4) is 0 Å². The molecule has 0 spiro atoms. The number of fused-ring (bicyclic) bond motifs is 1. The van der Waals surface area contributed by atoms with Crippen LogP contribution in [0, 0.1) is 0 Å². The fourth-order valence-electron chi connectivity index (χ4n) is 3.11. The van der Waals surface area contributed by atoms with Crippen molar-refractivity contribution >= 4 is 17.4 Å². The van der Waals surface area contributed by atoms with E-state index in [0.29, 0.717) is 12.2 Å². The lowest BCUT2D eigenvalue weighted by atomic mass is 10.2. The maximum absolute atomic E-state index is 12.3. The third-order valence-electron chi connectivity index (χ3n) is 4.31. The van der Waals surface area contributed by atoms with Crippen LogP contribution in [-0.4, -0.2) is 44.2 Å². The van der Waals surface area contributed by atoms with Crippen molar-refractivity contribution in [2.24, 2.45) is 0 Å². The van der Waals surface area contributed by atoms with E-state index in [-0.39, 0.29) is 24.2 Å². The van der Waals surface area contributed by atoms with Crippen molar-refractivity contribution in [2.75, 3.05) is 18.0 Å². The highest BCUT2D eigenvalue weighted by atomic mass is 16.2. The van der Waals surface area contributed by atoms with E-state index >= 15 is 0 Å². The number of carbonyl (C=O) groups excluding carboxylic acids is 1. The lowest BCUT2D eigenvalue weighted by Gasteiger charge is -2.17. The summed E-state index contributed by atoms with van der Waals surface area (Å²) in [6, 6.07) is 11.1. The summed E-state index contributed by atoms with van der Waals surface area (Å²) < 4.78 is 2.61. The minimum atomic E-state index is -0.313. The van der Waals surface area contributed by atoms with Gasteiger partial charge in [0.25, 0.3) is 0 Å². The summed E-state index contributed by atoms with van der Waals surface area (Å²) in [6.45, 7) is 1.47. The van der Waals surface area contributed by atoms with Crippen molar-refractivity contribution < 1.29 is 4.79 Å². The molecule has 1 N–H and O–H groups in total. The molecule has 1 fully saturated rings. The van der Waals surface area contributed by atoms with Gasteiger partial charge in [0.15, 0.2) is 5.65 Å². The smallest absolute Gasteiger partial charge is 0.350 e. The topological polar surface area (TPSA) is 84.5 Å². The van der Waals surface area contributed by atoms with Crippen LogP contribution in [0.4, 0.5) is 5.82 Å². The van der Waals surface area contributed by atoms with Crippen LogP contribution in [0.2, 0.25) is 0 Å². The molecule has 4 heterocycles. The molecule has 1 aliphatic heterocycles. The van der Waals surface area contributed by atoms with E-state index in [2.05, 4.69) is 20.3 Å². The number of rotatable bonds is 4. The summed E-state index contributed by atoms with van der Waals surface area (Å²) in [7, 11) is 0. The Kier molecular flexibility index (Phi) is 3.93. The standard InChI is InChI=1S/C17H18N6O2/c24-16(12-23-17(25)22-9-4-2-6-15(22)20-23)19-13-7-10-21(11-13)14-5-1-3-8-18-14/h1-6,8-9,13H,7,10-12H2,(H,19,24). The highest BCUT2D eigenvalue weighted by molar-refractivity contribution is 5.76. The van der Waals surface area contributed by atoms with E-state index in [1.165, 1.54) is 9.08 Å². The van der Waals surface area contributed by atoms with E-state index in [1.54, 1.807) is 30.6 Å². The van der Waals surface area contributed by atoms with Gasteiger partial charge in [0.2, 0.25) is 5.91 Å². The van der Waals surface area contributed by atoms with E-state index in [9.17, 15) is 9.59 Å². The Labute approximate surface area is 143 Å². The molecule has 1 atom stereocenters. The zero-order valence-corrected chi connectivity index (χ0v) is 13.6.